The largest absolute Gasteiger partial charge is 0.391 e. The number of rotatable bonds is 6. The van der Waals surface area contributed by atoms with Crippen LogP contribution < -0.4 is 10.6 Å². The van der Waals surface area contributed by atoms with Crippen LogP contribution in [-0.4, -0.2) is 49.3 Å². The summed E-state index contributed by atoms with van der Waals surface area (Å²) in [6.45, 7) is 6.24. The second-order valence-corrected chi connectivity index (χ2v) is 7.01. The molecule has 5 nitrogen and oxygen atoms in total. The second-order valence-electron chi connectivity index (χ2n) is 7.01. The fourth-order valence-electron chi connectivity index (χ4n) is 2.06. The lowest BCUT2D eigenvalue weighted by Crippen LogP contribution is -2.45. The summed E-state index contributed by atoms with van der Waals surface area (Å²) in [4.78, 5) is 13.8. The van der Waals surface area contributed by atoms with Crippen LogP contribution in [0.5, 0.6) is 0 Å². The van der Waals surface area contributed by atoms with E-state index in [4.69, 9.17) is 0 Å². The Hall–Kier alpha value is -1.66. The number of likely N-dealkylation sites (N-methyl/N-ethyl adjacent to an activating group) is 1. The van der Waals surface area contributed by atoms with E-state index in [0.29, 0.717) is 6.54 Å². The monoisotopic (exact) mass is 325 g/mol. The van der Waals surface area contributed by atoms with Crippen LogP contribution in [0.25, 0.3) is 0 Å². The van der Waals surface area contributed by atoms with E-state index in [1.807, 2.05) is 45.8 Å². The van der Waals surface area contributed by atoms with Crippen molar-refractivity contribution in [2.24, 2.45) is 5.41 Å². The molecule has 1 aromatic carbocycles. The van der Waals surface area contributed by atoms with Crippen molar-refractivity contribution in [2.75, 3.05) is 27.2 Å². The van der Waals surface area contributed by atoms with E-state index < -0.39 is 6.10 Å². The number of aliphatic hydroxyl groups is 1. The highest BCUT2D eigenvalue weighted by molar-refractivity contribution is 5.73. The van der Waals surface area contributed by atoms with Gasteiger partial charge in [-0.15, -0.1) is 0 Å². The summed E-state index contributed by atoms with van der Waals surface area (Å²) in [5.41, 5.74) is 0.506. The first-order valence-electron chi connectivity index (χ1n) is 7.73. The van der Waals surface area contributed by atoms with E-state index in [1.54, 1.807) is 6.07 Å². The lowest BCUT2D eigenvalue weighted by Gasteiger charge is -2.27. The highest BCUT2D eigenvalue weighted by atomic mass is 19.1. The molecule has 6 heteroatoms. The fraction of sp³-hybridized carbons (Fsp3) is 0.588. The van der Waals surface area contributed by atoms with E-state index in [-0.39, 0.29) is 29.8 Å². The van der Waals surface area contributed by atoms with E-state index in [0.717, 1.165) is 5.56 Å². The third-order valence-corrected chi connectivity index (χ3v) is 3.77. The number of hydrogen-bond acceptors (Lipinski definition) is 3. The average Bonchev–Trinajstić information content (AvgIpc) is 2.43. The van der Waals surface area contributed by atoms with Gasteiger partial charge < -0.3 is 20.6 Å². The summed E-state index contributed by atoms with van der Waals surface area (Å²) >= 11 is 0. The Labute approximate surface area is 137 Å². The van der Waals surface area contributed by atoms with Crippen LogP contribution in [-0.2, 0) is 0 Å². The maximum Gasteiger partial charge on any atom is 0.314 e. The third kappa shape index (κ3) is 6.54. The molecule has 2 unspecified atom stereocenters. The zero-order valence-corrected chi connectivity index (χ0v) is 14.6. The van der Waals surface area contributed by atoms with E-state index in [2.05, 4.69) is 10.6 Å². The van der Waals surface area contributed by atoms with Gasteiger partial charge in [0.1, 0.15) is 5.82 Å². The molecule has 0 aromatic heterocycles. The number of amides is 2. The molecule has 0 aliphatic heterocycles. The van der Waals surface area contributed by atoms with Crippen molar-refractivity contribution in [1.82, 2.24) is 15.5 Å². The Morgan fingerprint density at radius 1 is 1.26 bits per heavy atom. The van der Waals surface area contributed by atoms with Gasteiger partial charge in [0.15, 0.2) is 0 Å². The molecule has 0 bridgehead atoms. The number of aliphatic hydroxyl groups excluding tert-OH is 1. The Balaban J connectivity index is 2.54. The Morgan fingerprint density at radius 3 is 2.39 bits per heavy atom. The summed E-state index contributed by atoms with van der Waals surface area (Å²) in [5.74, 6) is -0.299. The summed E-state index contributed by atoms with van der Waals surface area (Å²) in [7, 11) is 3.75. The molecule has 0 saturated heterocycles. The van der Waals surface area contributed by atoms with Crippen LogP contribution in [0.2, 0.25) is 0 Å². The zero-order valence-electron chi connectivity index (χ0n) is 14.6. The number of carbonyl (C=O) groups is 1. The molecule has 0 saturated carbocycles. The fourth-order valence-corrected chi connectivity index (χ4v) is 2.06. The number of benzene rings is 1. The molecule has 3 N–H and O–H groups in total. The first-order valence-corrected chi connectivity index (χ1v) is 7.73. The third-order valence-electron chi connectivity index (χ3n) is 3.77. The molecule has 0 heterocycles. The van der Waals surface area contributed by atoms with Gasteiger partial charge in [-0.1, -0.05) is 32.9 Å². The van der Waals surface area contributed by atoms with Gasteiger partial charge in [-0.2, -0.15) is 0 Å². The summed E-state index contributed by atoms with van der Waals surface area (Å²) < 4.78 is 13.4. The minimum absolute atomic E-state index is 0.135. The van der Waals surface area contributed by atoms with Crippen molar-refractivity contribution < 1.29 is 14.3 Å². The summed E-state index contributed by atoms with van der Waals surface area (Å²) in [5, 5.41) is 15.3. The van der Waals surface area contributed by atoms with Gasteiger partial charge in [0, 0.05) is 13.1 Å². The zero-order chi connectivity index (χ0) is 17.6. The molecule has 2 atom stereocenters. The van der Waals surface area contributed by atoms with E-state index in [9.17, 15) is 14.3 Å². The number of hydrogen-bond donors (Lipinski definition) is 3. The molecule has 0 spiro atoms. The highest BCUT2D eigenvalue weighted by Crippen LogP contribution is 2.19. The number of nitrogens with one attached hydrogen (secondary N) is 2. The molecule has 2 amide bonds. The van der Waals surface area contributed by atoms with Crippen LogP contribution in [0.3, 0.4) is 0 Å². The molecular weight excluding hydrogens is 297 g/mol. The van der Waals surface area contributed by atoms with Gasteiger partial charge in [0.25, 0.3) is 0 Å². The van der Waals surface area contributed by atoms with Gasteiger partial charge in [-0.3, -0.25) is 0 Å². The minimum atomic E-state index is -0.624. The van der Waals surface area contributed by atoms with Crippen LogP contribution in [0.4, 0.5) is 9.18 Å². The number of halogens is 1. The van der Waals surface area contributed by atoms with Crippen molar-refractivity contribution >= 4 is 6.03 Å². The van der Waals surface area contributed by atoms with Crippen LogP contribution >= 0.6 is 0 Å². The van der Waals surface area contributed by atoms with Crippen molar-refractivity contribution in [1.29, 1.82) is 0 Å². The first-order chi connectivity index (χ1) is 10.6. The maximum absolute atomic E-state index is 13.4. The Kier molecular flexibility index (Phi) is 6.97. The van der Waals surface area contributed by atoms with Crippen LogP contribution in [0.1, 0.15) is 32.4 Å². The summed E-state index contributed by atoms with van der Waals surface area (Å²) in [6.07, 6.45) is -0.624. The number of carbonyl (C=O) groups excluding carboxylic acids is 1. The smallest absolute Gasteiger partial charge is 0.314 e. The Bertz CT molecular complexity index is 515. The molecular formula is C17H28FN3O2. The standard InChI is InChI=1S/C17H28FN3O2/c1-17(2,3)15(22)11-20-16(23)19-10-14(21(4)5)12-7-6-8-13(18)9-12/h6-9,14-15,22H,10-11H2,1-5H3,(H2,19,20,23). The minimum Gasteiger partial charge on any atom is -0.391 e. The lowest BCUT2D eigenvalue weighted by atomic mass is 9.89. The summed E-state index contributed by atoms with van der Waals surface area (Å²) in [6, 6.07) is 5.86. The maximum atomic E-state index is 13.4. The van der Waals surface area contributed by atoms with Crippen LogP contribution in [0.15, 0.2) is 24.3 Å². The second kappa shape index (κ2) is 8.26. The van der Waals surface area contributed by atoms with E-state index >= 15 is 0 Å². The van der Waals surface area contributed by atoms with Gasteiger partial charge >= 0.3 is 6.03 Å². The van der Waals surface area contributed by atoms with Gasteiger partial charge in [-0.25, -0.2) is 9.18 Å². The number of urea groups is 1. The Morgan fingerprint density at radius 2 is 1.87 bits per heavy atom. The predicted molar refractivity (Wildman–Crippen MR) is 89.7 cm³/mol. The van der Waals surface area contributed by atoms with Gasteiger partial charge in [0.05, 0.1) is 12.1 Å². The average molecular weight is 325 g/mol. The topological polar surface area (TPSA) is 64.6 Å². The molecule has 1 rings (SSSR count). The normalized spacial score (nSPS) is 14.4. The van der Waals surface area contributed by atoms with Crippen molar-refractivity contribution in [3.63, 3.8) is 0 Å². The predicted octanol–water partition coefficient (Wildman–Crippen LogP) is 2.13. The quantitative estimate of drug-likeness (QED) is 0.751. The molecule has 1 aromatic rings. The van der Waals surface area contributed by atoms with Crippen LogP contribution in [0, 0.1) is 11.2 Å². The highest BCUT2D eigenvalue weighted by Gasteiger charge is 2.22. The van der Waals surface area contributed by atoms with E-state index in [1.165, 1.54) is 12.1 Å². The molecule has 0 aliphatic rings. The molecule has 0 aliphatic carbocycles. The molecule has 0 radical (unpaired) electrons. The van der Waals surface area contributed by atoms with Crippen molar-refractivity contribution in [2.45, 2.75) is 32.9 Å². The van der Waals surface area contributed by atoms with Gasteiger partial charge in [0.2, 0.25) is 0 Å². The molecule has 130 valence electrons. The van der Waals surface area contributed by atoms with Crippen molar-refractivity contribution in [3.05, 3.63) is 35.6 Å². The number of nitrogens with zero attached hydrogens (tertiary/aromatic N) is 1. The van der Waals surface area contributed by atoms with Crippen molar-refractivity contribution in [3.8, 4) is 0 Å². The lowest BCUT2D eigenvalue weighted by molar-refractivity contribution is 0.0649. The first kappa shape index (κ1) is 19.4. The van der Waals surface area contributed by atoms with Gasteiger partial charge in [-0.05, 0) is 37.2 Å². The molecule has 0 fully saturated rings. The molecule has 23 heavy (non-hydrogen) atoms. The SMILES string of the molecule is CN(C)C(CNC(=O)NCC(O)C(C)(C)C)c1cccc(F)c1.